The lowest BCUT2D eigenvalue weighted by molar-refractivity contribution is -0.147. The van der Waals surface area contributed by atoms with Gasteiger partial charge in [0.2, 0.25) is 5.91 Å². The van der Waals surface area contributed by atoms with Crippen LogP contribution < -0.4 is 4.74 Å². The molecule has 1 aliphatic rings. The van der Waals surface area contributed by atoms with Gasteiger partial charge in [-0.2, -0.15) is 0 Å². The summed E-state index contributed by atoms with van der Waals surface area (Å²) in [5, 5.41) is 1.00. The molecule has 0 heterocycles. The molecule has 0 aliphatic heterocycles. The maximum atomic E-state index is 12.5. The molecule has 0 radical (unpaired) electrons. The van der Waals surface area contributed by atoms with Crippen molar-refractivity contribution in [3.05, 3.63) is 40.4 Å². The smallest absolute Gasteiger partial charge is 0.313 e. The summed E-state index contributed by atoms with van der Waals surface area (Å²) in [6, 6.07) is 5.11. The van der Waals surface area contributed by atoms with Gasteiger partial charge in [0.1, 0.15) is 5.75 Å². The highest BCUT2D eigenvalue weighted by Gasteiger charge is 2.33. The van der Waals surface area contributed by atoms with Gasteiger partial charge in [-0.1, -0.05) is 35.4 Å². The standard InChI is InChI=1S/C21H27Cl2NO4/c1-4-27-21(26)17-9-8-16(12-14(17)2)24(3)20(25)6-5-11-28-19-10-7-15(22)13-18(19)23/h7,10,13,16-17H,2,4-6,8-9,11-12H2,1,3H3. The van der Waals surface area contributed by atoms with Crippen molar-refractivity contribution >= 4 is 35.1 Å². The zero-order valence-electron chi connectivity index (χ0n) is 16.4. The molecule has 0 N–H and O–H groups in total. The number of rotatable bonds is 8. The lowest BCUT2D eigenvalue weighted by Gasteiger charge is -2.35. The summed E-state index contributed by atoms with van der Waals surface area (Å²) in [4.78, 5) is 26.2. The molecule has 1 fully saturated rings. The molecule has 1 amide bonds. The molecular formula is C21H27Cl2NO4. The van der Waals surface area contributed by atoms with Crippen LogP contribution in [0.2, 0.25) is 10.0 Å². The second kappa shape index (κ2) is 10.7. The van der Waals surface area contributed by atoms with Crippen molar-refractivity contribution in [2.45, 2.75) is 45.1 Å². The second-order valence-corrected chi connectivity index (χ2v) is 7.77. The molecule has 0 aromatic heterocycles. The highest BCUT2D eigenvalue weighted by Crippen LogP contribution is 2.32. The fourth-order valence-electron chi connectivity index (χ4n) is 3.35. The van der Waals surface area contributed by atoms with E-state index in [4.69, 9.17) is 32.7 Å². The fourth-order valence-corrected chi connectivity index (χ4v) is 3.81. The largest absolute Gasteiger partial charge is 0.492 e. The van der Waals surface area contributed by atoms with Crippen molar-refractivity contribution in [3.8, 4) is 5.75 Å². The van der Waals surface area contributed by atoms with E-state index in [1.807, 2.05) is 7.05 Å². The number of ether oxygens (including phenoxy) is 2. The molecule has 1 aromatic rings. The van der Waals surface area contributed by atoms with E-state index >= 15 is 0 Å². The number of carbonyl (C=O) groups is 2. The Hall–Kier alpha value is -1.72. The molecule has 2 atom stereocenters. The molecule has 0 saturated heterocycles. The van der Waals surface area contributed by atoms with E-state index < -0.39 is 0 Å². The Morgan fingerprint density at radius 1 is 1.29 bits per heavy atom. The number of esters is 1. The summed E-state index contributed by atoms with van der Waals surface area (Å²) >= 11 is 11.9. The van der Waals surface area contributed by atoms with Crippen LogP contribution in [0.25, 0.3) is 0 Å². The molecule has 1 saturated carbocycles. The van der Waals surface area contributed by atoms with E-state index in [-0.39, 0.29) is 23.8 Å². The quantitative estimate of drug-likeness (QED) is 0.336. The lowest BCUT2D eigenvalue weighted by Crippen LogP contribution is -2.41. The third-order valence-electron chi connectivity index (χ3n) is 4.98. The van der Waals surface area contributed by atoms with Gasteiger partial charge in [0.15, 0.2) is 0 Å². The van der Waals surface area contributed by atoms with Crippen LogP contribution in [0.3, 0.4) is 0 Å². The summed E-state index contributed by atoms with van der Waals surface area (Å²) in [6.45, 7) is 6.59. The van der Waals surface area contributed by atoms with E-state index in [9.17, 15) is 9.59 Å². The van der Waals surface area contributed by atoms with Crippen LogP contribution in [-0.4, -0.2) is 43.1 Å². The zero-order valence-corrected chi connectivity index (χ0v) is 17.9. The van der Waals surface area contributed by atoms with Gasteiger partial charge in [0.05, 0.1) is 24.2 Å². The minimum absolute atomic E-state index is 0.0539. The second-order valence-electron chi connectivity index (χ2n) is 6.93. The molecular weight excluding hydrogens is 401 g/mol. The first-order chi connectivity index (χ1) is 13.3. The van der Waals surface area contributed by atoms with Gasteiger partial charge in [-0.3, -0.25) is 9.59 Å². The zero-order chi connectivity index (χ0) is 20.7. The Balaban J connectivity index is 1.75. The molecule has 2 unspecified atom stereocenters. The third-order valence-corrected chi connectivity index (χ3v) is 5.51. The van der Waals surface area contributed by atoms with Gasteiger partial charge in [0.25, 0.3) is 0 Å². The molecule has 28 heavy (non-hydrogen) atoms. The molecule has 1 aliphatic carbocycles. The average molecular weight is 428 g/mol. The molecule has 5 nitrogen and oxygen atoms in total. The van der Waals surface area contributed by atoms with Crippen molar-refractivity contribution in [3.63, 3.8) is 0 Å². The highest BCUT2D eigenvalue weighted by molar-refractivity contribution is 6.35. The Labute approximate surface area is 176 Å². The van der Waals surface area contributed by atoms with E-state index in [0.717, 1.165) is 12.0 Å². The number of amides is 1. The summed E-state index contributed by atoms with van der Waals surface area (Å²) in [7, 11) is 1.81. The van der Waals surface area contributed by atoms with E-state index in [1.54, 1.807) is 30.0 Å². The molecule has 154 valence electrons. The fraction of sp³-hybridized carbons (Fsp3) is 0.524. The topological polar surface area (TPSA) is 55.8 Å². The SMILES string of the molecule is C=C1CC(N(C)C(=O)CCCOc2ccc(Cl)cc2Cl)CCC1C(=O)OCC. The maximum absolute atomic E-state index is 12.5. The first-order valence-electron chi connectivity index (χ1n) is 9.51. The number of halogens is 2. The number of hydrogen-bond acceptors (Lipinski definition) is 4. The molecule has 7 heteroatoms. The van der Waals surface area contributed by atoms with Gasteiger partial charge < -0.3 is 14.4 Å². The van der Waals surface area contributed by atoms with Crippen molar-refractivity contribution in [1.82, 2.24) is 4.90 Å². The molecule has 2 rings (SSSR count). The van der Waals surface area contributed by atoms with Gasteiger partial charge in [-0.15, -0.1) is 0 Å². The first-order valence-corrected chi connectivity index (χ1v) is 10.3. The minimum Gasteiger partial charge on any atom is -0.492 e. The van der Waals surface area contributed by atoms with Crippen LogP contribution in [0.15, 0.2) is 30.4 Å². The first kappa shape index (κ1) is 22.6. The maximum Gasteiger partial charge on any atom is 0.313 e. The van der Waals surface area contributed by atoms with Crippen molar-refractivity contribution in [1.29, 1.82) is 0 Å². The van der Waals surface area contributed by atoms with Gasteiger partial charge in [0, 0.05) is 24.5 Å². The number of nitrogens with zero attached hydrogens (tertiary/aromatic N) is 1. The summed E-state index contributed by atoms with van der Waals surface area (Å²) in [5.74, 6) is 0.147. The Kier molecular flexibility index (Phi) is 8.64. The van der Waals surface area contributed by atoms with Crippen molar-refractivity contribution in [2.75, 3.05) is 20.3 Å². The van der Waals surface area contributed by atoms with Crippen molar-refractivity contribution in [2.24, 2.45) is 5.92 Å². The van der Waals surface area contributed by atoms with Gasteiger partial charge in [-0.25, -0.2) is 0 Å². The van der Waals surface area contributed by atoms with Gasteiger partial charge in [-0.05, 0) is 50.8 Å². The van der Waals surface area contributed by atoms with Crippen LogP contribution in [-0.2, 0) is 14.3 Å². The number of hydrogen-bond donors (Lipinski definition) is 0. The van der Waals surface area contributed by atoms with Crippen LogP contribution >= 0.6 is 23.2 Å². The Morgan fingerprint density at radius 3 is 2.68 bits per heavy atom. The molecule has 0 spiro atoms. The lowest BCUT2D eigenvalue weighted by atomic mass is 9.81. The number of carbonyl (C=O) groups excluding carboxylic acids is 2. The molecule has 0 bridgehead atoms. The normalized spacial score (nSPS) is 19.2. The van der Waals surface area contributed by atoms with Crippen LogP contribution in [0.5, 0.6) is 5.75 Å². The summed E-state index contributed by atoms with van der Waals surface area (Å²) in [5.41, 5.74) is 0.843. The monoisotopic (exact) mass is 427 g/mol. The number of benzene rings is 1. The van der Waals surface area contributed by atoms with Crippen molar-refractivity contribution < 1.29 is 19.1 Å². The van der Waals surface area contributed by atoms with Crippen LogP contribution in [0, 0.1) is 5.92 Å². The van der Waals surface area contributed by atoms with E-state index in [1.165, 1.54) is 0 Å². The Bertz CT molecular complexity index is 722. The summed E-state index contributed by atoms with van der Waals surface area (Å²) < 4.78 is 10.7. The van der Waals surface area contributed by atoms with E-state index in [0.29, 0.717) is 54.7 Å². The average Bonchev–Trinajstić information content (AvgIpc) is 2.65. The predicted octanol–water partition coefficient (Wildman–Crippen LogP) is 4.90. The third kappa shape index (κ3) is 6.14. The summed E-state index contributed by atoms with van der Waals surface area (Å²) in [6.07, 6.45) is 3.02. The van der Waals surface area contributed by atoms with E-state index in [2.05, 4.69) is 6.58 Å². The predicted molar refractivity (Wildman–Crippen MR) is 111 cm³/mol. The highest BCUT2D eigenvalue weighted by atomic mass is 35.5. The minimum atomic E-state index is -0.253. The van der Waals surface area contributed by atoms with Gasteiger partial charge >= 0.3 is 5.97 Å². The van der Waals surface area contributed by atoms with Crippen LogP contribution in [0.4, 0.5) is 0 Å². The molecule has 1 aromatic carbocycles. The van der Waals surface area contributed by atoms with Crippen LogP contribution in [0.1, 0.15) is 39.0 Å². The Morgan fingerprint density at radius 2 is 2.04 bits per heavy atom.